The Bertz CT molecular complexity index is 800. The quantitative estimate of drug-likeness (QED) is 0.775. The molecule has 1 amide bonds. The Balaban J connectivity index is 2.35. The van der Waals surface area contributed by atoms with Crippen LogP contribution in [0.3, 0.4) is 0 Å². The van der Waals surface area contributed by atoms with E-state index in [0.717, 1.165) is 5.56 Å². The van der Waals surface area contributed by atoms with Crippen LogP contribution in [-0.4, -0.2) is 40.5 Å². The fraction of sp³-hybridized carbons (Fsp3) is 0.222. The molecule has 128 valence electrons. The molecule has 0 saturated heterocycles. The van der Waals surface area contributed by atoms with Gasteiger partial charge in [0.05, 0.1) is 18.2 Å². The summed E-state index contributed by atoms with van der Waals surface area (Å²) in [6.07, 6.45) is 1.40. The lowest BCUT2D eigenvalue weighted by Gasteiger charge is -2.20. The molecule has 0 atom stereocenters. The van der Waals surface area contributed by atoms with Gasteiger partial charge in [0.2, 0.25) is 0 Å². The molecule has 0 aliphatic rings. The molecule has 0 fully saturated rings. The van der Waals surface area contributed by atoms with Crippen molar-refractivity contribution in [1.29, 1.82) is 5.26 Å². The molecule has 25 heavy (non-hydrogen) atoms. The van der Waals surface area contributed by atoms with E-state index in [-0.39, 0.29) is 31.0 Å². The number of aromatic nitrogens is 1. The molecule has 1 N–H and O–H groups in total. The maximum Gasteiger partial charge on any atom is 0.338 e. The summed E-state index contributed by atoms with van der Waals surface area (Å²) in [5.41, 5.74) is 0.972. The second-order valence-corrected chi connectivity index (χ2v) is 5.28. The predicted molar refractivity (Wildman–Crippen MR) is 88.7 cm³/mol. The van der Waals surface area contributed by atoms with E-state index >= 15 is 0 Å². The Kier molecular flexibility index (Phi) is 6.20. The molecule has 0 aliphatic heterocycles. The van der Waals surface area contributed by atoms with Crippen LogP contribution in [-0.2, 0) is 17.9 Å². The zero-order valence-corrected chi connectivity index (χ0v) is 13.7. The number of pyridine rings is 1. The van der Waals surface area contributed by atoms with E-state index < -0.39 is 11.9 Å². The third kappa shape index (κ3) is 4.62. The fourth-order valence-corrected chi connectivity index (χ4v) is 2.33. The van der Waals surface area contributed by atoms with Gasteiger partial charge in [0.25, 0.3) is 5.91 Å². The number of carboxylic acids is 1. The Labute approximate surface area is 145 Å². The van der Waals surface area contributed by atoms with Crippen LogP contribution in [0.15, 0.2) is 42.6 Å². The second kappa shape index (κ2) is 8.57. The highest BCUT2D eigenvalue weighted by Crippen LogP contribution is 2.15. The number of hydrogen-bond acceptors (Lipinski definition) is 5. The summed E-state index contributed by atoms with van der Waals surface area (Å²) in [6, 6.07) is 12.4. The van der Waals surface area contributed by atoms with Gasteiger partial charge < -0.3 is 14.7 Å². The molecule has 0 aliphatic carbocycles. The fourth-order valence-electron chi connectivity index (χ4n) is 2.33. The number of hydrogen-bond donors (Lipinski definition) is 1. The highest BCUT2D eigenvalue weighted by Gasteiger charge is 2.24. The first-order valence-corrected chi connectivity index (χ1v) is 7.48. The van der Waals surface area contributed by atoms with E-state index in [2.05, 4.69) is 4.98 Å². The number of carbonyl (C=O) groups excluding carboxylic acids is 1. The molecule has 0 saturated carbocycles. The number of methoxy groups -OCH3 is 1. The summed E-state index contributed by atoms with van der Waals surface area (Å²) in [6.45, 7) is 0.204. The van der Waals surface area contributed by atoms with E-state index in [1.54, 1.807) is 0 Å². The maximum atomic E-state index is 12.8. The van der Waals surface area contributed by atoms with Gasteiger partial charge in [-0.15, -0.1) is 0 Å². The van der Waals surface area contributed by atoms with Crippen LogP contribution in [0.4, 0.5) is 0 Å². The first-order chi connectivity index (χ1) is 12.1. The average Bonchev–Trinajstić information content (AvgIpc) is 2.62. The Morgan fingerprint density at radius 1 is 1.28 bits per heavy atom. The molecule has 2 aromatic rings. The number of rotatable bonds is 7. The van der Waals surface area contributed by atoms with Crippen molar-refractivity contribution in [1.82, 2.24) is 9.88 Å². The largest absolute Gasteiger partial charge is 0.478 e. The van der Waals surface area contributed by atoms with Gasteiger partial charge in [-0.2, -0.15) is 5.26 Å². The molecule has 0 unspecified atom stereocenters. The van der Waals surface area contributed by atoms with Gasteiger partial charge in [-0.05, 0) is 17.2 Å². The minimum Gasteiger partial charge on any atom is -0.478 e. The van der Waals surface area contributed by atoms with Crippen molar-refractivity contribution in [3.05, 3.63) is 65.0 Å². The third-order valence-corrected chi connectivity index (χ3v) is 3.45. The van der Waals surface area contributed by atoms with E-state index in [9.17, 15) is 14.7 Å². The summed E-state index contributed by atoms with van der Waals surface area (Å²) in [4.78, 5) is 29.5. The predicted octanol–water partition coefficient (Wildman–Crippen LogP) is 2.09. The first-order valence-electron chi connectivity index (χ1n) is 7.48. The monoisotopic (exact) mass is 339 g/mol. The van der Waals surface area contributed by atoms with Crippen LogP contribution >= 0.6 is 0 Å². The first kappa shape index (κ1) is 18.1. The molecule has 7 heteroatoms. The number of aromatic carboxylic acids is 1. The summed E-state index contributed by atoms with van der Waals surface area (Å²) in [7, 11) is 1.48. The normalized spacial score (nSPS) is 10.1. The molecule has 0 radical (unpaired) electrons. The molecule has 1 aromatic carbocycles. The highest BCUT2D eigenvalue weighted by molar-refractivity contribution is 6.03. The van der Waals surface area contributed by atoms with Crippen molar-refractivity contribution in [3.8, 4) is 6.07 Å². The molecule has 7 nitrogen and oxygen atoms in total. The zero-order chi connectivity index (χ0) is 18.2. The number of amides is 1. The van der Waals surface area contributed by atoms with Crippen molar-refractivity contribution in [2.45, 2.75) is 13.2 Å². The van der Waals surface area contributed by atoms with E-state index in [0.29, 0.717) is 5.56 Å². The van der Waals surface area contributed by atoms with E-state index in [4.69, 9.17) is 10.00 Å². The van der Waals surface area contributed by atoms with Crippen LogP contribution in [0.1, 0.15) is 32.0 Å². The van der Waals surface area contributed by atoms with Crippen LogP contribution in [0, 0.1) is 11.3 Å². The molecule has 0 spiro atoms. The van der Waals surface area contributed by atoms with Gasteiger partial charge in [0.1, 0.15) is 12.2 Å². The standard InChI is InChI=1S/C18H17N3O4/c1-25-12-14-9-15(18(23)24)16(20-10-14)17(22)21(8-7-19)11-13-5-3-2-4-6-13/h2-6,9-10H,8,11-12H2,1H3,(H,23,24). The molecule has 0 bridgehead atoms. The Morgan fingerprint density at radius 2 is 2.00 bits per heavy atom. The Morgan fingerprint density at radius 3 is 2.60 bits per heavy atom. The van der Waals surface area contributed by atoms with Crippen LogP contribution in [0.5, 0.6) is 0 Å². The molecular formula is C18H17N3O4. The topological polar surface area (TPSA) is 104 Å². The van der Waals surface area contributed by atoms with Crippen molar-refractivity contribution >= 4 is 11.9 Å². The minimum atomic E-state index is -1.26. The lowest BCUT2D eigenvalue weighted by atomic mass is 10.1. The second-order valence-electron chi connectivity index (χ2n) is 5.28. The van der Waals surface area contributed by atoms with E-state index in [1.165, 1.54) is 24.3 Å². The van der Waals surface area contributed by atoms with E-state index in [1.807, 2.05) is 36.4 Å². The smallest absolute Gasteiger partial charge is 0.338 e. The average molecular weight is 339 g/mol. The van der Waals surface area contributed by atoms with Gasteiger partial charge in [0.15, 0.2) is 0 Å². The van der Waals surface area contributed by atoms with Gasteiger partial charge in [0, 0.05) is 19.9 Å². The lowest BCUT2D eigenvalue weighted by Crippen LogP contribution is -2.33. The van der Waals surface area contributed by atoms with Crippen LogP contribution in [0.25, 0.3) is 0 Å². The molecule has 2 rings (SSSR count). The molecular weight excluding hydrogens is 322 g/mol. The highest BCUT2D eigenvalue weighted by atomic mass is 16.5. The number of carboxylic acid groups (broad SMARTS) is 1. The number of nitrogens with zero attached hydrogens (tertiary/aromatic N) is 3. The van der Waals surface area contributed by atoms with Gasteiger partial charge >= 0.3 is 5.97 Å². The molecule has 1 heterocycles. The Hall–Kier alpha value is -3.24. The lowest BCUT2D eigenvalue weighted by molar-refractivity contribution is 0.0673. The summed E-state index contributed by atoms with van der Waals surface area (Å²) in [5, 5.41) is 18.4. The summed E-state index contributed by atoms with van der Waals surface area (Å²) >= 11 is 0. The number of carbonyl (C=O) groups is 2. The zero-order valence-electron chi connectivity index (χ0n) is 13.7. The van der Waals surface area contributed by atoms with Gasteiger partial charge in [-0.1, -0.05) is 30.3 Å². The van der Waals surface area contributed by atoms with Crippen molar-refractivity contribution in [2.75, 3.05) is 13.7 Å². The maximum absolute atomic E-state index is 12.8. The van der Waals surface area contributed by atoms with Crippen LogP contribution in [0.2, 0.25) is 0 Å². The third-order valence-electron chi connectivity index (χ3n) is 3.45. The summed E-state index contributed by atoms with van der Waals surface area (Å²) < 4.78 is 4.96. The summed E-state index contributed by atoms with van der Waals surface area (Å²) in [5.74, 6) is -1.86. The van der Waals surface area contributed by atoms with Gasteiger partial charge in [-0.3, -0.25) is 4.79 Å². The number of nitriles is 1. The number of ether oxygens (including phenoxy) is 1. The van der Waals surface area contributed by atoms with Crippen molar-refractivity contribution in [2.24, 2.45) is 0 Å². The SMILES string of the molecule is COCc1cnc(C(=O)N(CC#N)Cc2ccccc2)c(C(=O)O)c1. The van der Waals surface area contributed by atoms with Crippen molar-refractivity contribution < 1.29 is 19.4 Å². The van der Waals surface area contributed by atoms with Crippen LogP contribution < -0.4 is 0 Å². The molecule has 1 aromatic heterocycles. The minimum absolute atomic E-state index is 0.172. The van der Waals surface area contributed by atoms with Gasteiger partial charge in [-0.25, -0.2) is 9.78 Å². The van der Waals surface area contributed by atoms with Crippen molar-refractivity contribution in [3.63, 3.8) is 0 Å². The number of benzene rings is 1.